The Hall–Kier alpha value is -2.47. The molecule has 9 nitrogen and oxygen atoms in total. The first kappa shape index (κ1) is 22.2. The predicted molar refractivity (Wildman–Crippen MR) is 113 cm³/mol. The first-order valence-corrected chi connectivity index (χ1v) is 11.9. The van der Waals surface area contributed by atoms with Gasteiger partial charge in [-0.15, -0.1) is 21.5 Å². The van der Waals surface area contributed by atoms with Crippen LogP contribution in [0.1, 0.15) is 22.0 Å². The lowest BCUT2D eigenvalue weighted by molar-refractivity contribution is 0.0951. The zero-order chi connectivity index (χ0) is 21.7. The van der Waals surface area contributed by atoms with Crippen LogP contribution in [0.2, 0.25) is 4.34 Å². The zero-order valence-corrected chi connectivity index (χ0v) is 18.3. The van der Waals surface area contributed by atoms with Gasteiger partial charge >= 0.3 is 0 Å². The van der Waals surface area contributed by atoms with Crippen LogP contribution in [0.4, 0.5) is 0 Å². The second kappa shape index (κ2) is 9.56. The van der Waals surface area contributed by atoms with Crippen LogP contribution in [-0.4, -0.2) is 43.9 Å². The molecule has 160 valence electrons. The Labute approximate surface area is 182 Å². The highest BCUT2D eigenvalue weighted by atomic mass is 35.5. The Kier molecular flexibility index (Phi) is 7.08. The topological polar surface area (TPSA) is 137 Å². The maximum absolute atomic E-state index is 12.1. The third kappa shape index (κ3) is 5.57. The summed E-state index contributed by atoms with van der Waals surface area (Å²) in [6, 6.07) is 7.64. The Bertz CT molecular complexity index is 1140. The van der Waals surface area contributed by atoms with Gasteiger partial charge in [-0.2, -0.15) is 0 Å². The number of carbonyl (C=O) groups excluding carboxylic acids is 1. The average Bonchev–Trinajstić information content (AvgIpc) is 3.35. The SMILES string of the molecule is CS(=O)(=O)c1ccc(-c2nnc(CNC(=O)c3ccc(Cl)s3)o2)c(OCCCN)c1. The standard InChI is InChI=1S/C18H19ClN4O5S2/c1-30(25,26)11-3-4-12(13(9-11)27-8-2-7-20)18-23-22-16(28-18)10-21-17(24)14-5-6-15(19)29-14/h3-6,9H,2,7-8,10,20H2,1H3,(H,21,24). The Morgan fingerprint density at radius 2 is 2.10 bits per heavy atom. The molecule has 12 heteroatoms. The van der Waals surface area contributed by atoms with Gasteiger partial charge in [0.05, 0.1) is 32.8 Å². The molecule has 0 saturated carbocycles. The highest BCUT2D eigenvalue weighted by Crippen LogP contribution is 2.32. The lowest BCUT2D eigenvalue weighted by Crippen LogP contribution is -2.21. The van der Waals surface area contributed by atoms with Gasteiger partial charge in [0, 0.05) is 6.26 Å². The van der Waals surface area contributed by atoms with E-state index >= 15 is 0 Å². The van der Waals surface area contributed by atoms with Crippen LogP contribution < -0.4 is 15.8 Å². The summed E-state index contributed by atoms with van der Waals surface area (Å²) in [4.78, 5) is 12.7. The van der Waals surface area contributed by atoms with E-state index in [4.69, 9.17) is 26.5 Å². The fourth-order valence-electron chi connectivity index (χ4n) is 2.41. The molecule has 0 spiro atoms. The van der Waals surface area contributed by atoms with Gasteiger partial charge in [0.25, 0.3) is 11.8 Å². The maximum atomic E-state index is 12.1. The van der Waals surface area contributed by atoms with E-state index in [1.807, 2.05) is 0 Å². The minimum atomic E-state index is -3.42. The van der Waals surface area contributed by atoms with Crippen LogP contribution in [0.15, 0.2) is 39.6 Å². The number of thiophene rings is 1. The quantitative estimate of drug-likeness (QED) is 0.455. The second-order valence-electron chi connectivity index (χ2n) is 6.21. The number of nitrogens with one attached hydrogen (secondary N) is 1. The molecule has 3 rings (SSSR count). The number of benzene rings is 1. The molecule has 2 heterocycles. The summed E-state index contributed by atoms with van der Waals surface area (Å²) >= 11 is 6.99. The number of nitrogens with zero attached hydrogens (tertiary/aromatic N) is 2. The summed E-state index contributed by atoms with van der Waals surface area (Å²) in [6.07, 6.45) is 1.70. The second-order valence-corrected chi connectivity index (χ2v) is 9.94. The van der Waals surface area contributed by atoms with Gasteiger partial charge in [0.2, 0.25) is 5.89 Å². The minimum absolute atomic E-state index is 0.0200. The predicted octanol–water partition coefficient (Wildman–Crippen LogP) is 2.51. The molecule has 3 N–H and O–H groups in total. The summed E-state index contributed by atoms with van der Waals surface area (Å²) in [6.45, 7) is 0.754. The molecule has 0 fully saturated rings. The number of carbonyl (C=O) groups is 1. The number of aromatic nitrogens is 2. The molecule has 3 aromatic rings. The average molecular weight is 471 g/mol. The lowest BCUT2D eigenvalue weighted by Gasteiger charge is -2.10. The van der Waals surface area contributed by atoms with Crippen molar-refractivity contribution in [3.05, 3.63) is 45.4 Å². The molecule has 2 aromatic heterocycles. The van der Waals surface area contributed by atoms with E-state index in [9.17, 15) is 13.2 Å². The van der Waals surface area contributed by atoms with Gasteiger partial charge in [-0.1, -0.05) is 11.6 Å². The summed E-state index contributed by atoms with van der Waals surface area (Å²) in [7, 11) is -3.42. The number of rotatable bonds is 9. The number of hydrogen-bond acceptors (Lipinski definition) is 9. The molecule has 0 unspecified atom stereocenters. The lowest BCUT2D eigenvalue weighted by atomic mass is 10.2. The van der Waals surface area contributed by atoms with Crippen LogP contribution in [0.3, 0.4) is 0 Å². The van der Waals surface area contributed by atoms with E-state index in [1.54, 1.807) is 12.1 Å². The molecule has 0 atom stereocenters. The summed E-state index contributed by atoms with van der Waals surface area (Å²) in [5.41, 5.74) is 5.93. The van der Waals surface area contributed by atoms with Crippen molar-refractivity contribution >= 4 is 38.7 Å². The van der Waals surface area contributed by atoms with Crippen molar-refractivity contribution in [1.29, 1.82) is 0 Å². The van der Waals surface area contributed by atoms with Gasteiger partial charge in [0.15, 0.2) is 9.84 Å². The first-order chi connectivity index (χ1) is 14.3. The molecule has 0 aliphatic rings. The largest absolute Gasteiger partial charge is 0.493 e. The Morgan fingerprint density at radius 1 is 1.30 bits per heavy atom. The highest BCUT2D eigenvalue weighted by Gasteiger charge is 2.18. The van der Waals surface area contributed by atoms with Crippen molar-refractivity contribution in [2.24, 2.45) is 5.73 Å². The van der Waals surface area contributed by atoms with E-state index in [-0.39, 0.29) is 29.1 Å². The van der Waals surface area contributed by atoms with Gasteiger partial charge in [-0.25, -0.2) is 8.42 Å². The zero-order valence-electron chi connectivity index (χ0n) is 15.9. The minimum Gasteiger partial charge on any atom is -0.493 e. The Morgan fingerprint density at radius 3 is 2.77 bits per heavy atom. The van der Waals surface area contributed by atoms with Crippen molar-refractivity contribution in [2.75, 3.05) is 19.4 Å². The molecule has 1 aromatic carbocycles. The molecule has 30 heavy (non-hydrogen) atoms. The molecule has 0 aliphatic heterocycles. The normalized spacial score (nSPS) is 11.4. The van der Waals surface area contributed by atoms with E-state index in [0.717, 1.165) is 17.6 Å². The smallest absolute Gasteiger partial charge is 0.261 e. The number of sulfone groups is 1. The molecule has 1 amide bonds. The van der Waals surface area contributed by atoms with E-state index in [1.165, 1.54) is 18.2 Å². The van der Waals surface area contributed by atoms with Crippen molar-refractivity contribution < 1.29 is 22.4 Å². The van der Waals surface area contributed by atoms with Gasteiger partial charge in [-0.05, 0) is 43.3 Å². The Balaban J connectivity index is 1.78. The van der Waals surface area contributed by atoms with E-state index in [2.05, 4.69) is 15.5 Å². The van der Waals surface area contributed by atoms with Gasteiger partial charge in [0.1, 0.15) is 5.75 Å². The van der Waals surface area contributed by atoms with Crippen LogP contribution in [0.25, 0.3) is 11.5 Å². The third-order valence-electron chi connectivity index (χ3n) is 3.88. The molecule has 0 bridgehead atoms. The summed E-state index contributed by atoms with van der Waals surface area (Å²) < 4.78 is 35.5. The number of halogens is 1. The van der Waals surface area contributed by atoms with Crippen LogP contribution in [-0.2, 0) is 16.4 Å². The van der Waals surface area contributed by atoms with Crippen LogP contribution in [0.5, 0.6) is 5.75 Å². The third-order valence-corrected chi connectivity index (χ3v) is 6.22. The fourth-order valence-corrected chi connectivity index (χ4v) is 4.00. The van der Waals surface area contributed by atoms with E-state index in [0.29, 0.717) is 40.1 Å². The molecule has 0 radical (unpaired) electrons. The van der Waals surface area contributed by atoms with Gasteiger partial charge < -0.3 is 20.2 Å². The molecule has 0 saturated heterocycles. The van der Waals surface area contributed by atoms with Crippen molar-refractivity contribution in [2.45, 2.75) is 17.9 Å². The van der Waals surface area contributed by atoms with Crippen molar-refractivity contribution in [3.63, 3.8) is 0 Å². The molecule has 0 aliphatic carbocycles. The van der Waals surface area contributed by atoms with E-state index < -0.39 is 9.84 Å². The molecular formula is C18H19ClN4O5S2. The fraction of sp³-hybridized carbons (Fsp3) is 0.278. The highest BCUT2D eigenvalue weighted by molar-refractivity contribution is 7.90. The van der Waals surface area contributed by atoms with Crippen LogP contribution >= 0.6 is 22.9 Å². The number of amides is 1. The summed E-state index contributed by atoms with van der Waals surface area (Å²) in [5, 5.41) is 10.6. The van der Waals surface area contributed by atoms with Gasteiger partial charge in [-0.3, -0.25) is 4.79 Å². The van der Waals surface area contributed by atoms with Crippen LogP contribution in [0, 0.1) is 0 Å². The monoisotopic (exact) mass is 470 g/mol. The maximum Gasteiger partial charge on any atom is 0.261 e. The molecular weight excluding hydrogens is 452 g/mol. The summed E-state index contributed by atoms with van der Waals surface area (Å²) in [5.74, 6) is 0.302. The number of ether oxygens (including phenoxy) is 1. The number of nitrogens with two attached hydrogens (primary N) is 1. The van der Waals surface area contributed by atoms with Crippen molar-refractivity contribution in [1.82, 2.24) is 15.5 Å². The number of hydrogen-bond donors (Lipinski definition) is 2. The van der Waals surface area contributed by atoms with Crippen molar-refractivity contribution in [3.8, 4) is 17.2 Å². The first-order valence-electron chi connectivity index (χ1n) is 8.81.